The highest BCUT2D eigenvalue weighted by Gasteiger charge is 2.50. The van der Waals surface area contributed by atoms with Crippen LogP contribution in [0.1, 0.15) is 30.9 Å². The first kappa shape index (κ1) is 23.7. The van der Waals surface area contributed by atoms with Gasteiger partial charge in [-0.15, -0.1) is 0 Å². The molecule has 0 saturated heterocycles. The van der Waals surface area contributed by atoms with E-state index in [9.17, 15) is 19.8 Å². The number of benzene rings is 2. The highest BCUT2D eigenvalue weighted by Crippen LogP contribution is 2.47. The maximum absolute atomic E-state index is 13.3. The van der Waals surface area contributed by atoms with Crippen molar-refractivity contribution < 1.29 is 24.5 Å². The van der Waals surface area contributed by atoms with Crippen LogP contribution < -0.4 is 10.1 Å². The Morgan fingerprint density at radius 2 is 1.79 bits per heavy atom. The van der Waals surface area contributed by atoms with Gasteiger partial charge in [0, 0.05) is 30.3 Å². The van der Waals surface area contributed by atoms with Crippen LogP contribution in [0.25, 0.3) is 0 Å². The number of aliphatic hydroxyl groups is 2. The molecule has 4 rings (SSSR count). The lowest BCUT2D eigenvalue weighted by atomic mass is 9.77. The monoisotopic (exact) mass is 462 g/mol. The van der Waals surface area contributed by atoms with E-state index >= 15 is 0 Å². The summed E-state index contributed by atoms with van der Waals surface area (Å²) in [7, 11) is 0. The third kappa shape index (κ3) is 4.76. The van der Waals surface area contributed by atoms with E-state index in [-0.39, 0.29) is 31.5 Å². The van der Waals surface area contributed by atoms with Crippen LogP contribution in [-0.2, 0) is 16.1 Å². The fourth-order valence-electron chi connectivity index (χ4n) is 4.63. The van der Waals surface area contributed by atoms with Gasteiger partial charge in [-0.25, -0.2) is 0 Å². The van der Waals surface area contributed by atoms with Crippen molar-refractivity contribution >= 4 is 11.8 Å². The average molecular weight is 463 g/mol. The maximum atomic E-state index is 13.3. The summed E-state index contributed by atoms with van der Waals surface area (Å²) in [4.78, 5) is 28.0. The lowest BCUT2D eigenvalue weighted by Gasteiger charge is -2.40. The Labute approximate surface area is 199 Å². The average Bonchev–Trinajstić information content (AvgIpc) is 3.22. The summed E-state index contributed by atoms with van der Waals surface area (Å²) in [6, 6.07) is 16.2. The predicted molar refractivity (Wildman–Crippen MR) is 128 cm³/mol. The molecule has 4 unspecified atom stereocenters. The second-order valence-corrected chi connectivity index (χ2v) is 8.85. The molecular formula is C27H30N2O5. The quantitative estimate of drug-likeness (QED) is 0.549. The number of carbonyl (C=O) groups excluding carboxylic acids is 2. The second-order valence-electron chi connectivity index (χ2n) is 8.85. The third-order valence-corrected chi connectivity index (χ3v) is 6.13. The Kier molecular flexibility index (Phi) is 7.14. The number of hydrogen-bond donors (Lipinski definition) is 3. The van der Waals surface area contributed by atoms with Gasteiger partial charge in [0.25, 0.3) is 0 Å². The summed E-state index contributed by atoms with van der Waals surface area (Å²) in [5, 5.41) is 23.4. The zero-order valence-corrected chi connectivity index (χ0v) is 19.3. The summed E-state index contributed by atoms with van der Waals surface area (Å²) < 4.78 is 6.13. The summed E-state index contributed by atoms with van der Waals surface area (Å²) in [5.41, 5.74) is 2.98. The maximum Gasteiger partial charge on any atom is 0.247 e. The van der Waals surface area contributed by atoms with Crippen LogP contribution >= 0.6 is 0 Å². The summed E-state index contributed by atoms with van der Waals surface area (Å²) in [5.74, 6) is -0.467. The minimum Gasteiger partial charge on any atom is -0.486 e. The van der Waals surface area contributed by atoms with Crippen molar-refractivity contribution in [2.24, 2.45) is 0 Å². The molecule has 0 fully saturated rings. The van der Waals surface area contributed by atoms with E-state index in [1.54, 1.807) is 11.0 Å². The van der Waals surface area contributed by atoms with E-state index in [4.69, 9.17) is 4.74 Å². The molecule has 7 heteroatoms. The molecule has 0 spiro atoms. The smallest absolute Gasteiger partial charge is 0.247 e. The lowest BCUT2D eigenvalue weighted by Crippen LogP contribution is -2.55. The molecule has 0 radical (unpaired) electrons. The van der Waals surface area contributed by atoms with E-state index in [0.717, 1.165) is 16.7 Å². The van der Waals surface area contributed by atoms with Gasteiger partial charge in [-0.1, -0.05) is 54.1 Å². The first-order valence-corrected chi connectivity index (χ1v) is 11.4. The van der Waals surface area contributed by atoms with Gasteiger partial charge in [0.05, 0.1) is 18.6 Å². The number of nitrogens with one attached hydrogen (secondary N) is 1. The molecule has 3 N–H and O–H groups in total. The van der Waals surface area contributed by atoms with Gasteiger partial charge in [0.2, 0.25) is 11.8 Å². The van der Waals surface area contributed by atoms with Gasteiger partial charge < -0.3 is 25.2 Å². The molecule has 1 aliphatic carbocycles. The Morgan fingerprint density at radius 3 is 2.50 bits per heavy atom. The lowest BCUT2D eigenvalue weighted by molar-refractivity contribution is -0.133. The van der Waals surface area contributed by atoms with Crippen molar-refractivity contribution in [2.75, 3.05) is 13.2 Å². The van der Waals surface area contributed by atoms with Crippen LogP contribution in [0.5, 0.6) is 5.75 Å². The molecule has 0 bridgehead atoms. The third-order valence-electron chi connectivity index (χ3n) is 6.13. The zero-order chi connectivity index (χ0) is 24.2. The number of para-hydroxylation sites is 1. The molecule has 1 aliphatic heterocycles. The van der Waals surface area contributed by atoms with Crippen molar-refractivity contribution in [1.29, 1.82) is 0 Å². The Hall–Kier alpha value is -3.42. The number of nitrogens with zero attached hydrogens (tertiary/aromatic N) is 1. The Balaban J connectivity index is 1.78. The normalized spacial score (nSPS) is 22.5. The van der Waals surface area contributed by atoms with Crippen LogP contribution in [0.4, 0.5) is 0 Å². The Bertz CT molecular complexity index is 1110. The molecule has 1 heterocycles. The van der Waals surface area contributed by atoms with Gasteiger partial charge in [0.15, 0.2) is 0 Å². The first-order valence-electron chi connectivity index (χ1n) is 11.4. The molecule has 2 aromatic rings. The number of rotatable bonds is 7. The van der Waals surface area contributed by atoms with E-state index in [1.165, 1.54) is 6.08 Å². The van der Waals surface area contributed by atoms with Crippen molar-refractivity contribution in [3.8, 4) is 5.75 Å². The standard InChI is InChI=1S/C27H30N2O5/c1-17(2)14-23(31)29(16-18-8-4-3-5-9-18)21-15-20(27(33)28-12-13-30)24-19-10-6-7-11-22(19)34-26(24)25(21)32/h3-11,14-15,21,24-26,30,32H,12-13,16H2,1-2H3,(H,28,33). The molecule has 7 nitrogen and oxygen atoms in total. The molecule has 0 aromatic heterocycles. The number of carbonyl (C=O) groups is 2. The van der Waals surface area contributed by atoms with Crippen LogP contribution in [0.3, 0.4) is 0 Å². The first-order chi connectivity index (χ1) is 16.4. The van der Waals surface area contributed by atoms with Gasteiger partial charge >= 0.3 is 0 Å². The van der Waals surface area contributed by atoms with Gasteiger partial charge in [-0.2, -0.15) is 0 Å². The molecule has 2 aromatic carbocycles. The highest BCUT2D eigenvalue weighted by atomic mass is 16.5. The number of hydrogen-bond acceptors (Lipinski definition) is 5. The number of amides is 2. The van der Waals surface area contributed by atoms with Crippen molar-refractivity contribution in [3.05, 3.63) is 89.0 Å². The zero-order valence-electron chi connectivity index (χ0n) is 19.3. The minimum absolute atomic E-state index is 0.105. The molecule has 178 valence electrons. The van der Waals surface area contributed by atoms with Crippen LogP contribution in [0.15, 0.2) is 77.9 Å². The van der Waals surface area contributed by atoms with Crippen molar-refractivity contribution in [3.63, 3.8) is 0 Å². The fourth-order valence-corrected chi connectivity index (χ4v) is 4.63. The van der Waals surface area contributed by atoms with E-state index in [0.29, 0.717) is 11.3 Å². The number of ether oxygens (including phenoxy) is 1. The van der Waals surface area contributed by atoms with Crippen LogP contribution in [0.2, 0.25) is 0 Å². The number of aliphatic hydroxyl groups excluding tert-OH is 2. The Morgan fingerprint density at radius 1 is 1.09 bits per heavy atom. The van der Waals surface area contributed by atoms with Gasteiger partial charge in [0.1, 0.15) is 18.0 Å². The van der Waals surface area contributed by atoms with Crippen LogP contribution in [0, 0.1) is 0 Å². The predicted octanol–water partition coefficient (Wildman–Crippen LogP) is 2.30. The molecule has 2 aliphatic rings. The molecule has 0 saturated carbocycles. The summed E-state index contributed by atoms with van der Waals surface area (Å²) in [6.45, 7) is 3.86. The van der Waals surface area contributed by atoms with Crippen molar-refractivity contribution in [1.82, 2.24) is 10.2 Å². The van der Waals surface area contributed by atoms with Crippen LogP contribution in [-0.4, -0.2) is 58.3 Å². The SMILES string of the molecule is CC(C)=CC(=O)N(Cc1ccccc1)C1C=C(C(=O)NCCO)C2c3ccccc3OC2C1O. The van der Waals surface area contributed by atoms with Gasteiger partial charge in [-0.05, 0) is 31.6 Å². The van der Waals surface area contributed by atoms with E-state index < -0.39 is 24.2 Å². The van der Waals surface area contributed by atoms with E-state index in [2.05, 4.69) is 5.32 Å². The highest BCUT2D eigenvalue weighted by molar-refractivity contribution is 5.96. The second kappa shape index (κ2) is 10.2. The molecular weight excluding hydrogens is 432 g/mol. The topological polar surface area (TPSA) is 99.1 Å². The largest absolute Gasteiger partial charge is 0.486 e. The summed E-state index contributed by atoms with van der Waals surface area (Å²) >= 11 is 0. The molecule has 34 heavy (non-hydrogen) atoms. The summed E-state index contributed by atoms with van der Waals surface area (Å²) in [6.07, 6.45) is 1.44. The van der Waals surface area contributed by atoms with Gasteiger partial charge in [-0.3, -0.25) is 9.59 Å². The molecule has 2 amide bonds. The van der Waals surface area contributed by atoms with Crippen molar-refractivity contribution in [2.45, 2.75) is 44.6 Å². The number of fused-ring (bicyclic) bond motifs is 3. The number of allylic oxidation sites excluding steroid dienone is 1. The fraction of sp³-hybridized carbons (Fsp3) is 0.333. The molecule has 4 atom stereocenters. The van der Waals surface area contributed by atoms with E-state index in [1.807, 2.05) is 68.4 Å². The minimum atomic E-state index is -1.05.